The lowest BCUT2D eigenvalue weighted by Crippen LogP contribution is -2.20. The average Bonchev–Trinajstić information content (AvgIpc) is 2.35. The van der Waals surface area contributed by atoms with Crippen LogP contribution in [0.1, 0.15) is 17.3 Å². The van der Waals surface area contributed by atoms with E-state index in [0.717, 1.165) is 6.20 Å². The number of nitrogens with one attached hydrogen (secondary N) is 1. The van der Waals surface area contributed by atoms with E-state index < -0.39 is 5.82 Å². The average molecular weight is 234 g/mol. The van der Waals surface area contributed by atoms with Crippen molar-refractivity contribution < 1.29 is 8.78 Å². The van der Waals surface area contributed by atoms with Crippen LogP contribution in [0.4, 0.5) is 8.78 Å². The maximum Gasteiger partial charge on any atom is 0.141 e. The van der Waals surface area contributed by atoms with E-state index in [1.807, 2.05) is 0 Å². The van der Waals surface area contributed by atoms with E-state index >= 15 is 0 Å². The molecular formula is C13H12F2N2. The van der Waals surface area contributed by atoms with Crippen molar-refractivity contribution in [1.82, 2.24) is 10.3 Å². The Morgan fingerprint density at radius 1 is 1.12 bits per heavy atom. The molecule has 1 atom stereocenters. The largest absolute Gasteiger partial charge is 0.308 e. The summed E-state index contributed by atoms with van der Waals surface area (Å²) in [6.07, 6.45) is 1.13. The number of nitrogens with zero attached hydrogens (tertiary/aromatic N) is 1. The Bertz CT molecular complexity index is 497. The highest BCUT2D eigenvalue weighted by atomic mass is 19.1. The first-order valence-electron chi connectivity index (χ1n) is 5.25. The van der Waals surface area contributed by atoms with Gasteiger partial charge in [0.1, 0.15) is 11.6 Å². The van der Waals surface area contributed by atoms with Gasteiger partial charge in [0.25, 0.3) is 0 Å². The molecule has 1 aromatic carbocycles. The number of halogens is 2. The van der Waals surface area contributed by atoms with E-state index in [-0.39, 0.29) is 11.9 Å². The van der Waals surface area contributed by atoms with Crippen LogP contribution in [0.25, 0.3) is 0 Å². The molecule has 1 aromatic heterocycles. The molecule has 0 aliphatic rings. The Morgan fingerprint density at radius 2 is 1.88 bits per heavy atom. The van der Waals surface area contributed by atoms with Gasteiger partial charge in [0.15, 0.2) is 0 Å². The van der Waals surface area contributed by atoms with E-state index in [9.17, 15) is 8.78 Å². The van der Waals surface area contributed by atoms with Crippen molar-refractivity contribution in [3.05, 3.63) is 65.5 Å². The Morgan fingerprint density at radius 3 is 2.47 bits per heavy atom. The van der Waals surface area contributed by atoms with Gasteiger partial charge >= 0.3 is 0 Å². The van der Waals surface area contributed by atoms with Gasteiger partial charge in [-0.2, -0.15) is 0 Å². The zero-order valence-electron chi connectivity index (χ0n) is 9.32. The van der Waals surface area contributed by atoms with Crippen molar-refractivity contribution >= 4 is 0 Å². The number of aromatic nitrogens is 1. The van der Waals surface area contributed by atoms with E-state index in [1.165, 1.54) is 12.1 Å². The van der Waals surface area contributed by atoms with Crippen molar-refractivity contribution in [2.45, 2.75) is 6.04 Å². The lowest BCUT2D eigenvalue weighted by Gasteiger charge is -2.16. The van der Waals surface area contributed by atoms with Crippen molar-refractivity contribution in [2.24, 2.45) is 0 Å². The van der Waals surface area contributed by atoms with Crippen LogP contribution >= 0.6 is 0 Å². The molecule has 17 heavy (non-hydrogen) atoms. The molecule has 0 saturated carbocycles. The number of hydrogen-bond donors (Lipinski definition) is 1. The lowest BCUT2D eigenvalue weighted by atomic mass is 10.0. The fourth-order valence-electron chi connectivity index (χ4n) is 1.73. The van der Waals surface area contributed by atoms with Gasteiger partial charge in [0.2, 0.25) is 0 Å². The molecule has 2 nitrogen and oxygen atoms in total. The van der Waals surface area contributed by atoms with Gasteiger partial charge < -0.3 is 5.32 Å². The minimum atomic E-state index is -0.405. The van der Waals surface area contributed by atoms with Gasteiger partial charge in [-0.15, -0.1) is 0 Å². The highest BCUT2D eigenvalue weighted by Crippen LogP contribution is 2.22. The number of benzene rings is 1. The Kier molecular flexibility index (Phi) is 3.44. The summed E-state index contributed by atoms with van der Waals surface area (Å²) in [6.45, 7) is 0. The molecule has 2 rings (SSSR count). The molecule has 0 radical (unpaired) electrons. The molecule has 0 saturated heterocycles. The Labute approximate surface area is 98.3 Å². The maximum atomic E-state index is 13.6. The van der Waals surface area contributed by atoms with Crippen LogP contribution in [0.5, 0.6) is 0 Å². The predicted molar refractivity (Wildman–Crippen MR) is 61.5 cm³/mol. The molecule has 0 fully saturated rings. The van der Waals surface area contributed by atoms with Crippen molar-refractivity contribution in [3.8, 4) is 0 Å². The minimum absolute atomic E-state index is 0.307. The first kappa shape index (κ1) is 11.7. The molecule has 88 valence electrons. The SMILES string of the molecule is CNC(c1ccc(F)cn1)c1ccccc1F. The second kappa shape index (κ2) is 5.01. The van der Waals surface area contributed by atoms with Gasteiger partial charge in [0.05, 0.1) is 17.9 Å². The monoisotopic (exact) mass is 234 g/mol. The van der Waals surface area contributed by atoms with Gasteiger partial charge in [0, 0.05) is 5.56 Å². The molecule has 0 bridgehead atoms. The van der Waals surface area contributed by atoms with Crippen molar-refractivity contribution in [2.75, 3.05) is 7.05 Å². The van der Waals surface area contributed by atoms with Crippen LogP contribution in [0.2, 0.25) is 0 Å². The summed E-state index contributed by atoms with van der Waals surface area (Å²) in [5, 5.41) is 2.97. The third-order valence-corrected chi connectivity index (χ3v) is 2.55. The summed E-state index contributed by atoms with van der Waals surface area (Å²) in [6, 6.07) is 8.94. The molecular weight excluding hydrogens is 222 g/mol. The molecule has 1 heterocycles. The van der Waals surface area contributed by atoms with Crippen LogP contribution in [0.3, 0.4) is 0 Å². The normalized spacial score (nSPS) is 12.4. The van der Waals surface area contributed by atoms with Crippen molar-refractivity contribution in [1.29, 1.82) is 0 Å². The van der Waals surface area contributed by atoms with Crippen LogP contribution < -0.4 is 5.32 Å². The second-order valence-electron chi connectivity index (χ2n) is 3.64. The lowest BCUT2D eigenvalue weighted by molar-refractivity contribution is 0.566. The molecule has 4 heteroatoms. The summed E-state index contributed by atoms with van der Waals surface area (Å²) < 4.78 is 26.4. The molecule has 0 aliphatic heterocycles. The van der Waals surface area contributed by atoms with E-state index in [1.54, 1.807) is 31.3 Å². The first-order chi connectivity index (χ1) is 8.22. The molecule has 0 amide bonds. The van der Waals surface area contributed by atoms with Crippen LogP contribution in [0, 0.1) is 11.6 Å². The zero-order valence-corrected chi connectivity index (χ0v) is 9.32. The van der Waals surface area contributed by atoms with Crippen molar-refractivity contribution in [3.63, 3.8) is 0 Å². The second-order valence-corrected chi connectivity index (χ2v) is 3.64. The fourth-order valence-corrected chi connectivity index (χ4v) is 1.73. The molecule has 0 spiro atoms. The third-order valence-electron chi connectivity index (χ3n) is 2.55. The number of hydrogen-bond acceptors (Lipinski definition) is 2. The van der Waals surface area contributed by atoms with Crippen LogP contribution in [-0.2, 0) is 0 Å². The van der Waals surface area contributed by atoms with Crippen LogP contribution in [0.15, 0.2) is 42.6 Å². The highest BCUT2D eigenvalue weighted by molar-refractivity contribution is 5.28. The zero-order chi connectivity index (χ0) is 12.3. The number of rotatable bonds is 3. The Balaban J connectivity index is 2.40. The third kappa shape index (κ3) is 2.47. The quantitative estimate of drug-likeness (QED) is 0.883. The van der Waals surface area contributed by atoms with E-state index in [4.69, 9.17) is 0 Å². The topological polar surface area (TPSA) is 24.9 Å². The summed E-state index contributed by atoms with van der Waals surface area (Å²) in [7, 11) is 1.71. The van der Waals surface area contributed by atoms with Gasteiger partial charge in [-0.3, -0.25) is 4.98 Å². The molecule has 2 aromatic rings. The standard InChI is InChI=1S/C13H12F2N2/c1-16-13(10-4-2-3-5-11(10)15)12-7-6-9(14)8-17-12/h2-8,13,16H,1H3. The molecule has 1 unspecified atom stereocenters. The van der Waals surface area contributed by atoms with E-state index in [0.29, 0.717) is 11.3 Å². The predicted octanol–water partition coefficient (Wildman–Crippen LogP) is 2.67. The summed E-state index contributed by atoms with van der Waals surface area (Å²) in [5.74, 6) is -0.713. The van der Waals surface area contributed by atoms with Crippen LogP contribution in [-0.4, -0.2) is 12.0 Å². The van der Waals surface area contributed by atoms with Gasteiger partial charge in [-0.1, -0.05) is 18.2 Å². The maximum absolute atomic E-state index is 13.6. The number of pyridine rings is 1. The molecule has 1 N–H and O–H groups in total. The van der Waals surface area contributed by atoms with Gasteiger partial charge in [-0.25, -0.2) is 8.78 Å². The Hall–Kier alpha value is -1.81. The van der Waals surface area contributed by atoms with Gasteiger partial charge in [-0.05, 0) is 25.2 Å². The summed E-state index contributed by atoms with van der Waals surface area (Å²) >= 11 is 0. The first-order valence-corrected chi connectivity index (χ1v) is 5.25. The smallest absolute Gasteiger partial charge is 0.141 e. The summed E-state index contributed by atoms with van der Waals surface area (Å²) in [5.41, 5.74) is 1.08. The van der Waals surface area contributed by atoms with E-state index in [2.05, 4.69) is 10.3 Å². The molecule has 0 aliphatic carbocycles. The summed E-state index contributed by atoms with van der Waals surface area (Å²) in [4.78, 5) is 3.96. The highest BCUT2D eigenvalue weighted by Gasteiger charge is 2.16. The minimum Gasteiger partial charge on any atom is -0.308 e. The fraction of sp³-hybridized carbons (Fsp3) is 0.154.